The summed E-state index contributed by atoms with van der Waals surface area (Å²) in [4.78, 5) is 17.0. The number of pyridine rings is 1. The van der Waals surface area contributed by atoms with Gasteiger partial charge in [0, 0.05) is 24.8 Å². The van der Waals surface area contributed by atoms with E-state index >= 15 is 0 Å². The summed E-state index contributed by atoms with van der Waals surface area (Å²) in [5.74, 6) is 1.03. The lowest BCUT2D eigenvalue weighted by Crippen LogP contribution is -2.23. The third-order valence-electron chi connectivity index (χ3n) is 5.86. The van der Waals surface area contributed by atoms with E-state index in [1.54, 1.807) is 0 Å². The predicted octanol–water partition coefficient (Wildman–Crippen LogP) is 6.30. The van der Waals surface area contributed by atoms with E-state index in [0.29, 0.717) is 6.04 Å². The Kier molecular flexibility index (Phi) is 8.96. The lowest BCUT2D eigenvalue weighted by Gasteiger charge is -2.21. The molecular weight excluding hydrogens is 384 g/mol. The van der Waals surface area contributed by atoms with Crippen LogP contribution in [-0.4, -0.2) is 37.8 Å². The largest absolute Gasteiger partial charge is 0.357 e. The first-order valence-electron chi connectivity index (χ1n) is 12.0. The summed E-state index contributed by atoms with van der Waals surface area (Å²) in [6, 6.07) is 2.56. The van der Waals surface area contributed by atoms with Crippen LogP contribution in [0.1, 0.15) is 84.3 Å². The maximum absolute atomic E-state index is 5.04. The van der Waals surface area contributed by atoms with Crippen LogP contribution in [0.5, 0.6) is 0 Å². The van der Waals surface area contributed by atoms with Gasteiger partial charge in [-0.1, -0.05) is 34.6 Å². The van der Waals surface area contributed by atoms with Gasteiger partial charge in [-0.05, 0) is 58.6 Å². The Bertz CT molecular complexity index is 983. The number of rotatable bonds is 8. The van der Waals surface area contributed by atoms with Crippen molar-refractivity contribution >= 4 is 17.0 Å². The van der Waals surface area contributed by atoms with Gasteiger partial charge >= 0.3 is 0 Å². The Morgan fingerprint density at radius 1 is 0.935 bits per heavy atom. The molecule has 0 saturated heterocycles. The second kappa shape index (κ2) is 11.2. The fraction of sp³-hybridized carbons (Fsp3) is 0.600. The van der Waals surface area contributed by atoms with Crippen molar-refractivity contribution in [1.82, 2.24) is 24.7 Å². The van der Waals surface area contributed by atoms with Crippen molar-refractivity contribution < 1.29 is 0 Å². The average Bonchev–Trinajstić information content (AvgIpc) is 3.11. The molecular formula is C25H40N6. The van der Waals surface area contributed by atoms with Crippen LogP contribution < -0.4 is 4.90 Å². The number of aryl methyl sites for hydroxylation is 3. The SMILES string of the molecule is CC.CCc1cc(N(CC)CC)ncc1-c1nc2c(C)nn(C(CC)CC)c2nc1C. The normalized spacial score (nSPS) is 11.0. The maximum atomic E-state index is 5.04. The van der Waals surface area contributed by atoms with Gasteiger partial charge < -0.3 is 4.90 Å². The molecule has 0 N–H and O–H groups in total. The zero-order chi connectivity index (χ0) is 23.1. The molecule has 6 nitrogen and oxygen atoms in total. The number of fused-ring (bicyclic) bond motifs is 1. The van der Waals surface area contributed by atoms with Gasteiger partial charge in [0.1, 0.15) is 11.3 Å². The minimum atomic E-state index is 0.354. The molecule has 0 saturated carbocycles. The highest BCUT2D eigenvalue weighted by molar-refractivity contribution is 5.79. The number of hydrogen-bond acceptors (Lipinski definition) is 5. The van der Waals surface area contributed by atoms with Crippen LogP contribution in [0.3, 0.4) is 0 Å². The van der Waals surface area contributed by atoms with E-state index in [9.17, 15) is 0 Å². The molecule has 0 aliphatic heterocycles. The van der Waals surface area contributed by atoms with Crippen LogP contribution in [-0.2, 0) is 6.42 Å². The van der Waals surface area contributed by atoms with Crippen molar-refractivity contribution in [2.45, 2.75) is 87.6 Å². The van der Waals surface area contributed by atoms with E-state index in [0.717, 1.165) is 72.0 Å². The van der Waals surface area contributed by atoms with Gasteiger partial charge in [0.25, 0.3) is 0 Å². The summed E-state index contributed by atoms with van der Waals surface area (Å²) in [5, 5.41) is 4.78. The molecule has 3 aromatic heterocycles. The highest BCUT2D eigenvalue weighted by Gasteiger charge is 2.20. The fourth-order valence-corrected chi connectivity index (χ4v) is 4.02. The van der Waals surface area contributed by atoms with Crippen LogP contribution in [0.4, 0.5) is 5.82 Å². The quantitative estimate of drug-likeness (QED) is 0.424. The molecule has 0 radical (unpaired) electrons. The molecule has 0 amide bonds. The van der Waals surface area contributed by atoms with Gasteiger partial charge in [-0.15, -0.1) is 0 Å². The van der Waals surface area contributed by atoms with Gasteiger partial charge in [0.2, 0.25) is 0 Å². The highest BCUT2D eigenvalue weighted by Crippen LogP contribution is 2.30. The van der Waals surface area contributed by atoms with Gasteiger partial charge in [0.15, 0.2) is 5.65 Å². The second-order valence-corrected chi connectivity index (χ2v) is 7.56. The lowest BCUT2D eigenvalue weighted by molar-refractivity contribution is 0.436. The Balaban J connectivity index is 0.00000166. The number of anilines is 1. The molecule has 0 aliphatic rings. The summed E-state index contributed by atoms with van der Waals surface area (Å²) < 4.78 is 2.07. The molecule has 0 spiro atoms. The smallest absolute Gasteiger partial charge is 0.177 e. The van der Waals surface area contributed by atoms with Crippen molar-refractivity contribution in [3.63, 3.8) is 0 Å². The minimum absolute atomic E-state index is 0.354. The summed E-state index contributed by atoms with van der Waals surface area (Å²) in [7, 11) is 0. The van der Waals surface area contributed by atoms with Gasteiger partial charge in [-0.3, -0.25) is 0 Å². The summed E-state index contributed by atoms with van der Waals surface area (Å²) in [6.07, 6.45) is 4.96. The van der Waals surface area contributed by atoms with E-state index in [4.69, 9.17) is 20.1 Å². The molecule has 0 aliphatic carbocycles. The number of nitrogens with zero attached hydrogens (tertiary/aromatic N) is 6. The molecule has 6 heteroatoms. The molecule has 3 rings (SSSR count). The minimum Gasteiger partial charge on any atom is -0.357 e. The van der Waals surface area contributed by atoms with Crippen molar-refractivity contribution in [2.75, 3.05) is 18.0 Å². The number of hydrogen-bond donors (Lipinski definition) is 0. The Morgan fingerprint density at radius 2 is 1.58 bits per heavy atom. The molecule has 3 heterocycles. The Hall–Kier alpha value is -2.50. The molecule has 31 heavy (non-hydrogen) atoms. The third-order valence-corrected chi connectivity index (χ3v) is 5.86. The molecule has 170 valence electrons. The van der Waals surface area contributed by atoms with Crippen LogP contribution in [0.2, 0.25) is 0 Å². The van der Waals surface area contributed by atoms with E-state index in [-0.39, 0.29) is 0 Å². The molecule has 3 aromatic rings. The molecule has 0 unspecified atom stereocenters. The van der Waals surface area contributed by atoms with Crippen LogP contribution in [0.25, 0.3) is 22.4 Å². The summed E-state index contributed by atoms with van der Waals surface area (Å²) in [5.41, 5.74) is 6.90. The third kappa shape index (κ3) is 4.89. The summed E-state index contributed by atoms with van der Waals surface area (Å²) in [6.45, 7) is 20.9. The monoisotopic (exact) mass is 424 g/mol. The van der Waals surface area contributed by atoms with E-state index in [2.05, 4.69) is 50.3 Å². The summed E-state index contributed by atoms with van der Waals surface area (Å²) >= 11 is 0. The van der Waals surface area contributed by atoms with E-state index < -0.39 is 0 Å². The van der Waals surface area contributed by atoms with Gasteiger partial charge in [-0.2, -0.15) is 5.10 Å². The van der Waals surface area contributed by atoms with Crippen molar-refractivity contribution in [2.24, 2.45) is 0 Å². The first-order valence-corrected chi connectivity index (χ1v) is 12.0. The molecule has 0 fully saturated rings. The van der Waals surface area contributed by atoms with Crippen molar-refractivity contribution in [3.05, 3.63) is 29.2 Å². The first kappa shape index (κ1) is 24.8. The number of aromatic nitrogens is 5. The topological polar surface area (TPSA) is 59.7 Å². The second-order valence-electron chi connectivity index (χ2n) is 7.56. The zero-order valence-corrected chi connectivity index (χ0v) is 21.0. The fourth-order valence-electron chi connectivity index (χ4n) is 4.02. The zero-order valence-electron chi connectivity index (χ0n) is 21.0. The van der Waals surface area contributed by atoms with Gasteiger partial charge in [0.05, 0.1) is 23.1 Å². The van der Waals surface area contributed by atoms with Crippen molar-refractivity contribution in [1.29, 1.82) is 0 Å². The molecule has 0 atom stereocenters. The van der Waals surface area contributed by atoms with Crippen molar-refractivity contribution in [3.8, 4) is 11.3 Å². The van der Waals surface area contributed by atoms with Crippen LogP contribution in [0, 0.1) is 13.8 Å². The highest BCUT2D eigenvalue weighted by atomic mass is 15.3. The average molecular weight is 425 g/mol. The lowest BCUT2D eigenvalue weighted by atomic mass is 10.0. The Morgan fingerprint density at radius 3 is 2.13 bits per heavy atom. The first-order chi connectivity index (χ1) is 15.0. The van der Waals surface area contributed by atoms with E-state index in [1.807, 2.05) is 33.9 Å². The predicted molar refractivity (Wildman–Crippen MR) is 132 cm³/mol. The van der Waals surface area contributed by atoms with E-state index in [1.165, 1.54) is 5.56 Å². The molecule has 0 aromatic carbocycles. The standard InChI is InChI=1S/C23H34N6.C2H6/c1-8-17-13-20(28(11-4)12-5)24-14-19(17)21-15(6)25-23-22(26-21)16(7)27-29(23)18(9-2)10-3;1-2/h13-14,18H,8-12H2,1-7H3;1-2H3. The van der Waals surface area contributed by atoms with Gasteiger partial charge in [-0.25, -0.2) is 19.6 Å². The maximum Gasteiger partial charge on any atom is 0.177 e. The van der Waals surface area contributed by atoms with Crippen LogP contribution in [0.15, 0.2) is 12.3 Å². The van der Waals surface area contributed by atoms with Crippen LogP contribution >= 0.6 is 0 Å². The molecule has 0 bridgehead atoms. The Labute approximate surface area is 188 Å².